The van der Waals surface area contributed by atoms with E-state index >= 15 is 0 Å². The largest absolute Gasteiger partial charge is 0.493 e. The molecule has 112 valence electrons. The van der Waals surface area contributed by atoms with Gasteiger partial charge in [-0.2, -0.15) is 0 Å². The van der Waals surface area contributed by atoms with Gasteiger partial charge in [0, 0.05) is 18.0 Å². The van der Waals surface area contributed by atoms with Crippen LogP contribution in [-0.4, -0.2) is 40.3 Å². The van der Waals surface area contributed by atoms with Crippen LogP contribution >= 0.6 is 0 Å². The summed E-state index contributed by atoms with van der Waals surface area (Å²) in [7, 11) is 1.51. The minimum absolute atomic E-state index is 0.0417. The Labute approximate surface area is 122 Å². The zero-order valence-electron chi connectivity index (χ0n) is 12.0. The van der Waals surface area contributed by atoms with Crippen molar-refractivity contribution < 1.29 is 19.4 Å². The molecule has 0 aliphatic carbocycles. The Kier molecular flexibility index (Phi) is 4.94. The Hall–Kier alpha value is -2.34. The molecule has 21 heavy (non-hydrogen) atoms. The van der Waals surface area contributed by atoms with Gasteiger partial charge in [0.1, 0.15) is 12.7 Å². The second kappa shape index (κ2) is 6.90. The van der Waals surface area contributed by atoms with E-state index in [1.54, 1.807) is 41.5 Å². The molecule has 1 atom stereocenters. The topological polar surface area (TPSA) is 73.6 Å². The van der Waals surface area contributed by atoms with E-state index in [2.05, 4.69) is 4.98 Å². The summed E-state index contributed by atoms with van der Waals surface area (Å²) < 4.78 is 12.5. The first-order valence-electron chi connectivity index (χ1n) is 6.55. The van der Waals surface area contributed by atoms with E-state index in [-0.39, 0.29) is 12.4 Å². The fourth-order valence-corrected chi connectivity index (χ4v) is 1.88. The van der Waals surface area contributed by atoms with Crippen LogP contribution in [0.4, 0.5) is 0 Å². The van der Waals surface area contributed by atoms with Crippen LogP contribution in [0.5, 0.6) is 11.5 Å². The van der Waals surface area contributed by atoms with Gasteiger partial charge in [0.25, 0.3) is 0 Å². The van der Waals surface area contributed by atoms with Crippen LogP contribution in [-0.2, 0) is 6.54 Å². The fourth-order valence-electron chi connectivity index (χ4n) is 1.88. The number of hydrogen-bond acceptors (Lipinski definition) is 5. The number of carbonyl (C=O) groups excluding carboxylic acids is 1. The van der Waals surface area contributed by atoms with Gasteiger partial charge >= 0.3 is 0 Å². The lowest BCUT2D eigenvalue weighted by Crippen LogP contribution is -2.23. The maximum absolute atomic E-state index is 11.3. The van der Waals surface area contributed by atoms with Crippen molar-refractivity contribution in [3.05, 3.63) is 42.5 Å². The standard InChI is InChI=1S/C15H18N2O4/c1-11(18)12-3-4-14(15(7-12)20-2)21-9-13(19)8-17-6-5-16-10-17/h3-7,10,13,19H,8-9H2,1-2H3/t13-/m1/s1. The van der Waals surface area contributed by atoms with Gasteiger partial charge in [-0.15, -0.1) is 0 Å². The molecule has 0 spiro atoms. The molecule has 0 radical (unpaired) electrons. The molecule has 0 amide bonds. The van der Waals surface area contributed by atoms with E-state index in [1.165, 1.54) is 14.0 Å². The molecule has 1 N–H and O–H groups in total. The van der Waals surface area contributed by atoms with Crippen molar-refractivity contribution in [2.45, 2.75) is 19.6 Å². The molecule has 0 aliphatic heterocycles. The van der Waals surface area contributed by atoms with Crippen LogP contribution in [0.15, 0.2) is 36.9 Å². The molecule has 1 heterocycles. The van der Waals surface area contributed by atoms with E-state index in [9.17, 15) is 9.90 Å². The normalized spacial score (nSPS) is 12.0. The van der Waals surface area contributed by atoms with Gasteiger partial charge in [-0.25, -0.2) is 4.98 Å². The molecule has 2 rings (SSSR count). The maximum atomic E-state index is 11.3. The molecule has 1 aromatic carbocycles. The summed E-state index contributed by atoms with van der Waals surface area (Å²) in [4.78, 5) is 15.2. The lowest BCUT2D eigenvalue weighted by atomic mass is 10.1. The Morgan fingerprint density at radius 2 is 2.24 bits per heavy atom. The molecule has 6 heteroatoms. The van der Waals surface area contributed by atoms with E-state index in [0.29, 0.717) is 23.6 Å². The predicted octanol–water partition coefficient (Wildman–Crippen LogP) is 1.53. The molecule has 0 fully saturated rings. The van der Waals surface area contributed by atoms with E-state index in [0.717, 1.165) is 0 Å². The first-order valence-corrected chi connectivity index (χ1v) is 6.55. The van der Waals surface area contributed by atoms with Gasteiger partial charge in [0.05, 0.1) is 20.0 Å². The number of aliphatic hydroxyl groups is 1. The second-order valence-corrected chi connectivity index (χ2v) is 4.65. The fraction of sp³-hybridized carbons (Fsp3) is 0.333. The van der Waals surface area contributed by atoms with Gasteiger partial charge in [-0.3, -0.25) is 4.79 Å². The van der Waals surface area contributed by atoms with Crippen LogP contribution in [0.25, 0.3) is 0 Å². The lowest BCUT2D eigenvalue weighted by molar-refractivity contribution is 0.0908. The first kappa shape index (κ1) is 15.1. The van der Waals surface area contributed by atoms with Crippen molar-refractivity contribution in [2.75, 3.05) is 13.7 Å². The molecule has 6 nitrogen and oxygen atoms in total. The maximum Gasteiger partial charge on any atom is 0.161 e. The third-order valence-corrected chi connectivity index (χ3v) is 2.98. The van der Waals surface area contributed by atoms with E-state index in [1.807, 2.05) is 0 Å². The lowest BCUT2D eigenvalue weighted by Gasteiger charge is -2.15. The van der Waals surface area contributed by atoms with Crippen molar-refractivity contribution in [1.82, 2.24) is 9.55 Å². The average Bonchev–Trinajstić information content (AvgIpc) is 2.97. The van der Waals surface area contributed by atoms with Crippen molar-refractivity contribution in [2.24, 2.45) is 0 Å². The number of carbonyl (C=O) groups is 1. The number of aliphatic hydroxyl groups excluding tert-OH is 1. The number of ketones is 1. The zero-order chi connectivity index (χ0) is 15.2. The summed E-state index contributed by atoms with van der Waals surface area (Å²) in [5.41, 5.74) is 0.554. The zero-order valence-corrected chi connectivity index (χ0v) is 12.0. The SMILES string of the molecule is COc1cc(C(C)=O)ccc1OC[C@H](O)Cn1ccnc1. The molecule has 0 bridgehead atoms. The number of nitrogens with zero attached hydrogens (tertiary/aromatic N) is 2. The van der Waals surface area contributed by atoms with Gasteiger partial charge < -0.3 is 19.1 Å². The highest BCUT2D eigenvalue weighted by molar-refractivity contribution is 5.94. The number of methoxy groups -OCH3 is 1. The Morgan fingerprint density at radius 1 is 1.43 bits per heavy atom. The highest BCUT2D eigenvalue weighted by Gasteiger charge is 2.11. The second-order valence-electron chi connectivity index (χ2n) is 4.65. The van der Waals surface area contributed by atoms with Crippen molar-refractivity contribution in [3.63, 3.8) is 0 Å². The first-order chi connectivity index (χ1) is 10.1. The Morgan fingerprint density at radius 3 is 2.86 bits per heavy atom. The van der Waals surface area contributed by atoms with Crippen LogP contribution in [0.3, 0.4) is 0 Å². The highest BCUT2D eigenvalue weighted by Crippen LogP contribution is 2.28. The summed E-state index contributed by atoms with van der Waals surface area (Å²) in [6.07, 6.45) is 4.38. The summed E-state index contributed by atoms with van der Waals surface area (Å²) in [5, 5.41) is 9.92. The third kappa shape index (κ3) is 4.06. The van der Waals surface area contributed by atoms with E-state index in [4.69, 9.17) is 9.47 Å². The number of ether oxygens (including phenoxy) is 2. The molecular weight excluding hydrogens is 272 g/mol. The van der Waals surface area contributed by atoms with Crippen molar-refractivity contribution >= 4 is 5.78 Å². The third-order valence-electron chi connectivity index (χ3n) is 2.98. The summed E-state index contributed by atoms with van der Waals surface area (Å²) in [6, 6.07) is 4.96. The van der Waals surface area contributed by atoms with Crippen molar-refractivity contribution in [3.8, 4) is 11.5 Å². The Bertz CT molecular complexity index is 596. The quantitative estimate of drug-likeness (QED) is 0.783. The summed E-state index contributed by atoms with van der Waals surface area (Å²) in [5.74, 6) is 0.921. The number of Topliss-reactive ketones (excluding diaryl/α,β-unsaturated/α-hetero) is 1. The van der Waals surface area contributed by atoms with Gasteiger partial charge in [-0.1, -0.05) is 0 Å². The van der Waals surface area contributed by atoms with Crippen molar-refractivity contribution in [1.29, 1.82) is 0 Å². The average molecular weight is 290 g/mol. The smallest absolute Gasteiger partial charge is 0.161 e. The van der Waals surface area contributed by atoms with Crippen LogP contribution in [0.1, 0.15) is 17.3 Å². The summed E-state index contributed by atoms with van der Waals surface area (Å²) in [6.45, 7) is 2.01. The number of benzene rings is 1. The van der Waals surface area contributed by atoms with Gasteiger partial charge in [0.2, 0.25) is 0 Å². The highest BCUT2D eigenvalue weighted by atomic mass is 16.5. The molecular formula is C15H18N2O4. The van der Waals surface area contributed by atoms with E-state index < -0.39 is 6.10 Å². The molecule has 0 saturated heterocycles. The molecule has 0 saturated carbocycles. The van der Waals surface area contributed by atoms with Crippen LogP contribution < -0.4 is 9.47 Å². The molecule has 2 aromatic rings. The summed E-state index contributed by atoms with van der Waals surface area (Å²) >= 11 is 0. The van der Waals surface area contributed by atoms with Gasteiger partial charge in [-0.05, 0) is 25.1 Å². The Balaban J connectivity index is 1.97. The number of rotatable bonds is 7. The number of aromatic nitrogens is 2. The molecule has 0 unspecified atom stereocenters. The number of hydrogen-bond donors (Lipinski definition) is 1. The minimum Gasteiger partial charge on any atom is -0.493 e. The molecule has 0 aliphatic rings. The molecule has 1 aromatic heterocycles. The van der Waals surface area contributed by atoms with Crippen LogP contribution in [0, 0.1) is 0 Å². The monoisotopic (exact) mass is 290 g/mol. The van der Waals surface area contributed by atoms with Crippen LogP contribution in [0.2, 0.25) is 0 Å². The predicted molar refractivity (Wildman–Crippen MR) is 76.7 cm³/mol. The minimum atomic E-state index is -0.670. The van der Waals surface area contributed by atoms with Gasteiger partial charge in [0.15, 0.2) is 17.3 Å². The number of imidazole rings is 1.